The number of allylic oxidation sites excluding steroid dienone is 4. The zero-order chi connectivity index (χ0) is 13.5. The lowest BCUT2D eigenvalue weighted by atomic mass is 10.0. The maximum Gasteiger partial charge on any atom is 0.112 e. The highest BCUT2D eigenvalue weighted by molar-refractivity contribution is 8.07. The minimum absolute atomic E-state index is 0.629. The molecule has 0 aromatic carbocycles. The largest absolute Gasteiger partial charge is 0.319 e. The number of hydrogen-bond donors (Lipinski definition) is 1. The molecule has 1 rings (SSSR count). The highest BCUT2D eigenvalue weighted by Crippen LogP contribution is 2.37. The van der Waals surface area contributed by atoms with E-state index in [1.807, 2.05) is 11.8 Å². The molecule has 18 heavy (non-hydrogen) atoms. The Kier molecular flexibility index (Phi) is 6.90. The molecule has 0 amide bonds. The van der Waals surface area contributed by atoms with Crippen LogP contribution in [0.1, 0.15) is 33.6 Å². The van der Waals surface area contributed by atoms with Crippen LogP contribution in [0.5, 0.6) is 0 Å². The lowest BCUT2D eigenvalue weighted by Crippen LogP contribution is -2.77. The van der Waals surface area contributed by atoms with Crippen molar-refractivity contribution >= 4 is 23.5 Å². The van der Waals surface area contributed by atoms with E-state index in [0.717, 1.165) is 11.3 Å². The van der Waals surface area contributed by atoms with Crippen LogP contribution in [0.15, 0.2) is 44.6 Å². The van der Waals surface area contributed by atoms with Crippen molar-refractivity contribution in [1.82, 2.24) is 0 Å². The third-order valence-electron chi connectivity index (χ3n) is 2.95. The van der Waals surface area contributed by atoms with Gasteiger partial charge in [0.05, 0.1) is 7.05 Å². The van der Waals surface area contributed by atoms with Crippen LogP contribution >= 0.6 is 23.5 Å². The van der Waals surface area contributed by atoms with Crippen molar-refractivity contribution in [1.29, 1.82) is 0 Å². The Morgan fingerprint density at radius 2 is 2.39 bits per heavy atom. The van der Waals surface area contributed by atoms with Crippen LogP contribution in [-0.2, 0) is 0 Å². The van der Waals surface area contributed by atoms with Crippen LogP contribution in [-0.4, -0.2) is 7.05 Å². The Morgan fingerprint density at radius 1 is 1.67 bits per heavy atom. The van der Waals surface area contributed by atoms with Gasteiger partial charge in [-0.1, -0.05) is 37.8 Å². The van der Waals surface area contributed by atoms with E-state index in [4.69, 9.17) is 0 Å². The molecule has 0 fully saturated rings. The van der Waals surface area contributed by atoms with Gasteiger partial charge in [0.25, 0.3) is 0 Å². The zero-order valence-corrected chi connectivity index (χ0v) is 13.5. The molecule has 0 aromatic rings. The standard InChI is InChI=1S/C15H23NS2/c1-6-14(16-5)10-17-13(4)8-15-12(3)7-11(2)9-18-15/h8-10,12,16H,4,6-7H2,1-3,5H3/p+1. The van der Waals surface area contributed by atoms with Crippen LogP contribution in [0, 0.1) is 5.92 Å². The summed E-state index contributed by atoms with van der Waals surface area (Å²) in [5.74, 6) is 0.629. The van der Waals surface area contributed by atoms with Crippen molar-refractivity contribution in [3.05, 3.63) is 44.6 Å². The summed E-state index contributed by atoms with van der Waals surface area (Å²) < 4.78 is 0. The van der Waals surface area contributed by atoms with Gasteiger partial charge in [0.15, 0.2) is 0 Å². The minimum Gasteiger partial charge on any atom is -0.319 e. The van der Waals surface area contributed by atoms with E-state index < -0.39 is 0 Å². The Hall–Kier alpha value is -0.380. The van der Waals surface area contributed by atoms with Gasteiger partial charge >= 0.3 is 0 Å². The highest BCUT2D eigenvalue weighted by atomic mass is 32.2. The van der Waals surface area contributed by atoms with E-state index in [1.54, 1.807) is 11.8 Å². The summed E-state index contributed by atoms with van der Waals surface area (Å²) in [5.41, 5.74) is 2.86. The van der Waals surface area contributed by atoms with Gasteiger partial charge in [0, 0.05) is 16.7 Å². The molecular weight excluding hydrogens is 258 g/mol. The van der Waals surface area contributed by atoms with Crippen LogP contribution in [0.25, 0.3) is 0 Å². The molecule has 1 aliphatic heterocycles. The van der Waals surface area contributed by atoms with Gasteiger partial charge in [-0.3, -0.25) is 0 Å². The summed E-state index contributed by atoms with van der Waals surface area (Å²) in [7, 11) is 2.09. The topological polar surface area (TPSA) is 16.6 Å². The molecule has 2 N–H and O–H groups in total. The Morgan fingerprint density at radius 3 is 2.94 bits per heavy atom. The van der Waals surface area contributed by atoms with Crippen molar-refractivity contribution < 1.29 is 5.32 Å². The third-order valence-corrected chi connectivity index (χ3v) is 5.11. The monoisotopic (exact) mass is 282 g/mol. The average molecular weight is 282 g/mol. The fraction of sp³-hybridized carbons (Fsp3) is 0.467. The van der Waals surface area contributed by atoms with E-state index in [9.17, 15) is 0 Å². The molecule has 3 heteroatoms. The molecule has 0 aliphatic carbocycles. The Bertz CT molecular complexity index is 385. The summed E-state index contributed by atoms with van der Waals surface area (Å²) in [4.78, 5) is 2.56. The second-order valence-electron chi connectivity index (χ2n) is 4.65. The van der Waals surface area contributed by atoms with Crippen molar-refractivity contribution in [2.75, 3.05) is 7.05 Å². The van der Waals surface area contributed by atoms with Gasteiger partial charge in [-0.25, -0.2) is 0 Å². The highest BCUT2D eigenvalue weighted by Gasteiger charge is 2.14. The van der Waals surface area contributed by atoms with Gasteiger partial charge in [0.1, 0.15) is 5.70 Å². The Labute approximate surface area is 120 Å². The van der Waals surface area contributed by atoms with E-state index in [2.05, 4.69) is 56.6 Å². The van der Waals surface area contributed by atoms with Gasteiger partial charge in [-0.05, 0) is 35.7 Å². The van der Waals surface area contributed by atoms with Crippen molar-refractivity contribution in [3.8, 4) is 0 Å². The molecule has 0 bridgehead atoms. The van der Waals surface area contributed by atoms with E-state index >= 15 is 0 Å². The zero-order valence-electron chi connectivity index (χ0n) is 11.8. The summed E-state index contributed by atoms with van der Waals surface area (Å²) in [6, 6.07) is 0. The number of thioether (sulfide) groups is 2. The van der Waals surface area contributed by atoms with Crippen molar-refractivity contribution in [2.45, 2.75) is 33.6 Å². The maximum atomic E-state index is 4.14. The molecule has 0 spiro atoms. The minimum atomic E-state index is 0.629. The molecule has 0 radical (unpaired) electrons. The first-order valence-electron chi connectivity index (χ1n) is 6.44. The van der Waals surface area contributed by atoms with Crippen LogP contribution in [0.2, 0.25) is 0 Å². The normalized spacial score (nSPS) is 23.1. The summed E-state index contributed by atoms with van der Waals surface area (Å²) in [6.07, 6.45) is 4.50. The fourth-order valence-corrected chi connectivity index (χ4v) is 3.63. The quantitative estimate of drug-likeness (QED) is 0.812. The van der Waals surface area contributed by atoms with Crippen molar-refractivity contribution in [3.63, 3.8) is 0 Å². The molecular formula is C15H24NS2+. The first kappa shape index (κ1) is 15.7. The molecule has 0 saturated carbocycles. The van der Waals surface area contributed by atoms with Gasteiger partial charge in [0.2, 0.25) is 0 Å². The summed E-state index contributed by atoms with van der Waals surface area (Å²) in [6.45, 7) is 10.8. The van der Waals surface area contributed by atoms with Gasteiger partial charge in [-0.15, -0.1) is 11.8 Å². The number of hydrogen-bond acceptors (Lipinski definition) is 2. The van der Waals surface area contributed by atoms with E-state index in [1.165, 1.54) is 22.6 Å². The second kappa shape index (κ2) is 7.93. The summed E-state index contributed by atoms with van der Waals surface area (Å²) >= 11 is 3.58. The first-order valence-corrected chi connectivity index (χ1v) is 8.20. The van der Waals surface area contributed by atoms with Crippen molar-refractivity contribution in [2.24, 2.45) is 5.92 Å². The average Bonchev–Trinajstić information content (AvgIpc) is 2.34. The molecule has 1 aliphatic rings. The first-order chi connectivity index (χ1) is 8.56. The molecule has 1 heterocycles. The number of rotatable bonds is 5. The lowest BCUT2D eigenvalue weighted by Gasteiger charge is -2.20. The fourth-order valence-electron chi connectivity index (χ4n) is 1.79. The molecule has 0 saturated heterocycles. The molecule has 100 valence electrons. The second-order valence-corrected chi connectivity index (χ2v) is 6.59. The van der Waals surface area contributed by atoms with Crippen LogP contribution in [0.3, 0.4) is 0 Å². The predicted molar refractivity (Wildman–Crippen MR) is 86.2 cm³/mol. The smallest absolute Gasteiger partial charge is 0.112 e. The third kappa shape index (κ3) is 5.09. The molecule has 1 atom stereocenters. The molecule has 0 aromatic heterocycles. The summed E-state index contributed by atoms with van der Waals surface area (Å²) in [5, 5.41) is 6.63. The lowest BCUT2D eigenvalue weighted by molar-refractivity contribution is -0.578. The van der Waals surface area contributed by atoms with E-state index in [-0.39, 0.29) is 0 Å². The number of quaternary nitrogens is 1. The Balaban J connectivity index is 2.61. The van der Waals surface area contributed by atoms with E-state index in [0.29, 0.717) is 5.92 Å². The van der Waals surface area contributed by atoms with Gasteiger partial charge in [-0.2, -0.15) is 0 Å². The predicted octanol–water partition coefficient (Wildman–Crippen LogP) is 4.24. The molecule has 1 nitrogen and oxygen atoms in total. The van der Waals surface area contributed by atoms with Gasteiger partial charge < -0.3 is 5.32 Å². The maximum absolute atomic E-state index is 4.14. The number of nitrogens with two attached hydrogens (primary N) is 1. The SMILES string of the molecule is C=C(C=C1SC=C(C)CC1C)SC=C(CC)[NH2+]C. The van der Waals surface area contributed by atoms with Crippen LogP contribution < -0.4 is 5.32 Å². The molecule has 1 unspecified atom stereocenters. The van der Waals surface area contributed by atoms with Crippen LogP contribution in [0.4, 0.5) is 0 Å².